The fourth-order valence-corrected chi connectivity index (χ4v) is 1.68. The molecule has 0 aliphatic heterocycles. The third kappa shape index (κ3) is 3.74. The van der Waals surface area contributed by atoms with Crippen LogP contribution in [0.3, 0.4) is 0 Å². The first kappa shape index (κ1) is 15.6. The Hall–Kier alpha value is -1.47. The molecule has 1 aromatic rings. The predicted octanol–water partition coefficient (Wildman–Crippen LogP) is 2.02. The van der Waals surface area contributed by atoms with Crippen LogP contribution in [0, 0.1) is 0 Å². The van der Waals surface area contributed by atoms with Gasteiger partial charge in [-0.3, -0.25) is 0 Å². The van der Waals surface area contributed by atoms with Crippen molar-refractivity contribution in [2.45, 2.75) is 24.7 Å². The topological polar surface area (TPSA) is 64.7 Å². The van der Waals surface area contributed by atoms with Gasteiger partial charge in [0.15, 0.2) is 11.5 Å². The van der Waals surface area contributed by atoms with Crippen molar-refractivity contribution in [2.24, 2.45) is 5.73 Å². The third-order valence-corrected chi connectivity index (χ3v) is 2.69. The largest absolute Gasteiger partial charge is 0.493 e. The van der Waals surface area contributed by atoms with Crippen LogP contribution in [0.2, 0.25) is 0 Å². The van der Waals surface area contributed by atoms with Crippen molar-refractivity contribution in [3.8, 4) is 11.5 Å². The van der Waals surface area contributed by atoms with Crippen LogP contribution in [-0.2, 0) is 0 Å². The Labute approximate surface area is 108 Å². The molecule has 0 fully saturated rings. The summed E-state index contributed by atoms with van der Waals surface area (Å²) in [4.78, 5) is 0. The van der Waals surface area contributed by atoms with Gasteiger partial charge < -0.3 is 20.3 Å². The van der Waals surface area contributed by atoms with Crippen LogP contribution < -0.4 is 15.2 Å². The Kier molecular flexibility index (Phi) is 5.02. The molecule has 1 rings (SSSR count). The summed E-state index contributed by atoms with van der Waals surface area (Å²) in [5.41, 5.74) is 5.20. The van der Waals surface area contributed by atoms with E-state index in [-0.39, 0.29) is 11.3 Å². The monoisotopic (exact) mass is 279 g/mol. The number of benzene rings is 1. The average molecular weight is 279 g/mol. The maximum absolute atomic E-state index is 12.4. The lowest BCUT2D eigenvalue weighted by Gasteiger charge is -2.21. The zero-order valence-corrected chi connectivity index (χ0v) is 10.6. The molecule has 0 aromatic heterocycles. The number of ether oxygens (including phenoxy) is 2. The van der Waals surface area contributed by atoms with Crippen LogP contribution in [0.4, 0.5) is 13.2 Å². The first-order chi connectivity index (χ1) is 8.81. The molecule has 19 heavy (non-hydrogen) atoms. The van der Waals surface area contributed by atoms with Gasteiger partial charge in [-0.1, -0.05) is 12.1 Å². The molecule has 0 saturated heterocycles. The van der Waals surface area contributed by atoms with E-state index in [9.17, 15) is 18.3 Å². The van der Waals surface area contributed by atoms with E-state index in [1.54, 1.807) is 12.1 Å². The van der Waals surface area contributed by atoms with Gasteiger partial charge in [-0.25, -0.2) is 0 Å². The minimum Gasteiger partial charge on any atom is -0.493 e. The number of para-hydroxylation sites is 1. The van der Waals surface area contributed by atoms with Crippen molar-refractivity contribution in [3.63, 3.8) is 0 Å². The lowest BCUT2D eigenvalue weighted by atomic mass is 10.0. The lowest BCUT2D eigenvalue weighted by molar-refractivity contribution is -0.153. The molecular formula is C12H16F3NO3. The highest BCUT2D eigenvalue weighted by molar-refractivity contribution is 5.47. The zero-order chi connectivity index (χ0) is 14.6. The minimum atomic E-state index is -4.55. The Morgan fingerprint density at radius 1 is 1.26 bits per heavy atom. The molecule has 2 atom stereocenters. The first-order valence-corrected chi connectivity index (χ1v) is 5.52. The maximum Gasteiger partial charge on any atom is 0.403 e. The minimum absolute atomic E-state index is 0.201. The van der Waals surface area contributed by atoms with Gasteiger partial charge in [-0.05, 0) is 6.07 Å². The van der Waals surface area contributed by atoms with Crippen LogP contribution in [0.1, 0.15) is 18.1 Å². The quantitative estimate of drug-likeness (QED) is 0.865. The molecule has 0 bridgehead atoms. The van der Waals surface area contributed by atoms with Crippen LogP contribution in [-0.4, -0.2) is 31.5 Å². The van der Waals surface area contributed by atoms with Crippen molar-refractivity contribution < 1.29 is 27.8 Å². The molecule has 0 heterocycles. The van der Waals surface area contributed by atoms with Gasteiger partial charge in [0.05, 0.1) is 20.3 Å². The summed E-state index contributed by atoms with van der Waals surface area (Å²) in [5, 5.41) is 9.87. The first-order valence-electron chi connectivity index (χ1n) is 5.52. The Bertz CT molecular complexity index is 423. The van der Waals surface area contributed by atoms with E-state index in [1.165, 1.54) is 20.3 Å². The summed E-state index contributed by atoms with van der Waals surface area (Å²) in [5.74, 6) is 0.534. The Morgan fingerprint density at radius 2 is 1.89 bits per heavy atom. The molecule has 3 N–H and O–H groups in total. The van der Waals surface area contributed by atoms with Crippen molar-refractivity contribution in [1.29, 1.82) is 0 Å². The second kappa shape index (κ2) is 6.12. The lowest BCUT2D eigenvalue weighted by Crippen LogP contribution is -2.38. The molecule has 0 radical (unpaired) electrons. The number of methoxy groups -OCH3 is 2. The number of hydrogen-bond acceptors (Lipinski definition) is 4. The average Bonchev–Trinajstić information content (AvgIpc) is 2.36. The van der Waals surface area contributed by atoms with Crippen molar-refractivity contribution in [2.75, 3.05) is 14.2 Å². The van der Waals surface area contributed by atoms with E-state index in [1.807, 2.05) is 0 Å². The smallest absolute Gasteiger partial charge is 0.403 e. The molecule has 1 aromatic carbocycles. The summed E-state index contributed by atoms with van der Waals surface area (Å²) in [6.07, 6.45) is -6.58. The molecule has 0 amide bonds. The summed E-state index contributed by atoms with van der Waals surface area (Å²) in [6.45, 7) is 0. The normalized spacial score (nSPS) is 14.9. The second-order valence-electron chi connectivity index (χ2n) is 3.98. The molecule has 0 unspecified atom stereocenters. The van der Waals surface area contributed by atoms with Gasteiger partial charge in [0.2, 0.25) is 0 Å². The summed E-state index contributed by atoms with van der Waals surface area (Å²) < 4.78 is 47.1. The number of rotatable bonds is 5. The number of aliphatic hydroxyl groups excluding tert-OH is 1. The third-order valence-electron chi connectivity index (χ3n) is 2.69. The number of halogens is 3. The SMILES string of the molecule is COc1cccc([C@@H](O)C[C@H](N)C(F)(F)F)c1OC. The molecular weight excluding hydrogens is 263 g/mol. The van der Waals surface area contributed by atoms with Crippen LogP contribution in [0.25, 0.3) is 0 Å². The van der Waals surface area contributed by atoms with Gasteiger partial charge in [-0.15, -0.1) is 0 Å². The predicted molar refractivity (Wildman–Crippen MR) is 63.2 cm³/mol. The summed E-state index contributed by atoms with van der Waals surface area (Å²) >= 11 is 0. The van der Waals surface area contributed by atoms with Crippen molar-refractivity contribution >= 4 is 0 Å². The second-order valence-corrected chi connectivity index (χ2v) is 3.98. The number of nitrogens with two attached hydrogens (primary N) is 1. The van der Waals surface area contributed by atoms with Crippen molar-refractivity contribution in [1.82, 2.24) is 0 Å². The molecule has 7 heteroatoms. The van der Waals surface area contributed by atoms with E-state index in [0.717, 1.165) is 0 Å². The molecule has 0 spiro atoms. The van der Waals surface area contributed by atoms with Crippen LogP contribution >= 0.6 is 0 Å². The van der Waals surface area contributed by atoms with Crippen LogP contribution in [0.5, 0.6) is 11.5 Å². The highest BCUT2D eigenvalue weighted by atomic mass is 19.4. The van der Waals surface area contributed by atoms with E-state index >= 15 is 0 Å². The van der Waals surface area contributed by atoms with Crippen molar-refractivity contribution in [3.05, 3.63) is 23.8 Å². The van der Waals surface area contributed by atoms with Gasteiger partial charge in [-0.2, -0.15) is 13.2 Å². The van der Waals surface area contributed by atoms with E-state index < -0.39 is 24.7 Å². The molecule has 108 valence electrons. The van der Waals surface area contributed by atoms with Gasteiger partial charge in [0.1, 0.15) is 6.04 Å². The Morgan fingerprint density at radius 3 is 2.37 bits per heavy atom. The highest BCUT2D eigenvalue weighted by Gasteiger charge is 2.38. The highest BCUT2D eigenvalue weighted by Crippen LogP contribution is 2.37. The standard InChI is InChI=1S/C12H16F3NO3/c1-18-9-5-3-4-7(11(9)19-2)8(17)6-10(16)12(13,14)15/h3-5,8,10,17H,6,16H2,1-2H3/t8-,10-/m0/s1. The van der Waals surface area contributed by atoms with Crippen LogP contribution in [0.15, 0.2) is 18.2 Å². The van der Waals surface area contributed by atoms with E-state index in [4.69, 9.17) is 15.2 Å². The zero-order valence-electron chi connectivity index (χ0n) is 10.6. The summed E-state index contributed by atoms with van der Waals surface area (Å²) in [6, 6.07) is 2.51. The number of aliphatic hydroxyl groups is 1. The molecule has 0 saturated carbocycles. The number of hydrogen-bond donors (Lipinski definition) is 2. The van der Waals surface area contributed by atoms with E-state index in [2.05, 4.69) is 0 Å². The number of alkyl halides is 3. The molecule has 4 nitrogen and oxygen atoms in total. The summed E-state index contributed by atoms with van der Waals surface area (Å²) in [7, 11) is 2.74. The molecule has 0 aliphatic carbocycles. The van der Waals surface area contributed by atoms with E-state index in [0.29, 0.717) is 5.75 Å². The van der Waals surface area contributed by atoms with Gasteiger partial charge in [0, 0.05) is 12.0 Å². The fourth-order valence-electron chi connectivity index (χ4n) is 1.68. The van der Waals surface area contributed by atoms with Gasteiger partial charge >= 0.3 is 6.18 Å². The Balaban J connectivity index is 2.97. The molecule has 0 aliphatic rings. The fraction of sp³-hybridized carbons (Fsp3) is 0.500. The maximum atomic E-state index is 12.4. The van der Waals surface area contributed by atoms with Gasteiger partial charge in [0.25, 0.3) is 0 Å².